The SMILES string of the molecule is CCC(CC)(CNC(=O)OCC1c2ccccc2-c2ccccc21)C(=O)N(CC(=O)O)C(C)(C)C. The number of nitrogens with one attached hydrogen (secondary N) is 1. The van der Waals surface area contributed by atoms with Crippen molar-refractivity contribution in [3.05, 3.63) is 59.7 Å². The van der Waals surface area contributed by atoms with Crippen LogP contribution in [0.15, 0.2) is 48.5 Å². The summed E-state index contributed by atoms with van der Waals surface area (Å²) in [6.07, 6.45) is 0.322. The zero-order valence-electron chi connectivity index (χ0n) is 21.3. The first-order valence-corrected chi connectivity index (χ1v) is 12.2. The summed E-state index contributed by atoms with van der Waals surface area (Å²) >= 11 is 0. The van der Waals surface area contributed by atoms with Gasteiger partial charge in [-0.3, -0.25) is 9.59 Å². The molecule has 2 aromatic rings. The molecule has 0 radical (unpaired) electrons. The van der Waals surface area contributed by atoms with Gasteiger partial charge in [-0.15, -0.1) is 0 Å². The quantitative estimate of drug-likeness (QED) is 0.524. The summed E-state index contributed by atoms with van der Waals surface area (Å²) in [6, 6.07) is 16.2. The van der Waals surface area contributed by atoms with Gasteiger partial charge in [-0.25, -0.2) is 4.79 Å². The monoisotopic (exact) mass is 480 g/mol. The lowest BCUT2D eigenvalue weighted by atomic mass is 9.79. The Balaban J connectivity index is 1.69. The maximum absolute atomic E-state index is 13.5. The van der Waals surface area contributed by atoms with Crippen LogP contribution in [0.5, 0.6) is 0 Å². The molecule has 0 unspecified atom stereocenters. The lowest BCUT2D eigenvalue weighted by Gasteiger charge is -2.42. The van der Waals surface area contributed by atoms with Gasteiger partial charge in [0.1, 0.15) is 13.2 Å². The lowest BCUT2D eigenvalue weighted by molar-refractivity contribution is -0.155. The van der Waals surface area contributed by atoms with Gasteiger partial charge in [-0.05, 0) is 55.9 Å². The van der Waals surface area contributed by atoms with E-state index >= 15 is 0 Å². The summed E-state index contributed by atoms with van der Waals surface area (Å²) in [4.78, 5) is 39.1. The van der Waals surface area contributed by atoms with Gasteiger partial charge in [0.15, 0.2) is 0 Å². The van der Waals surface area contributed by atoms with Gasteiger partial charge in [0, 0.05) is 18.0 Å². The molecule has 0 atom stereocenters. The Kier molecular flexibility index (Phi) is 7.88. The Bertz CT molecular complexity index is 1040. The highest BCUT2D eigenvalue weighted by Crippen LogP contribution is 2.44. The van der Waals surface area contributed by atoms with Crippen LogP contribution in [0, 0.1) is 5.41 Å². The minimum atomic E-state index is -1.07. The molecule has 3 rings (SSSR count). The summed E-state index contributed by atoms with van der Waals surface area (Å²) in [5.41, 5.74) is 2.97. The van der Waals surface area contributed by atoms with Crippen LogP contribution in [0.2, 0.25) is 0 Å². The molecule has 1 aliphatic carbocycles. The number of benzene rings is 2. The van der Waals surface area contributed by atoms with Gasteiger partial charge in [-0.2, -0.15) is 0 Å². The molecule has 0 aliphatic heterocycles. The third-order valence-corrected chi connectivity index (χ3v) is 7.07. The molecule has 0 saturated carbocycles. The first kappa shape index (κ1) is 26.3. The normalized spacial score (nSPS) is 13.1. The predicted molar refractivity (Wildman–Crippen MR) is 135 cm³/mol. The third-order valence-electron chi connectivity index (χ3n) is 7.07. The Morgan fingerprint density at radius 3 is 1.91 bits per heavy atom. The zero-order chi connectivity index (χ0) is 25.8. The highest BCUT2D eigenvalue weighted by atomic mass is 16.5. The summed E-state index contributed by atoms with van der Waals surface area (Å²) in [5.74, 6) is -1.40. The van der Waals surface area contributed by atoms with Crippen LogP contribution in [0.25, 0.3) is 11.1 Å². The number of hydrogen-bond donors (Lipinski definition) is 2. The first-order valence-electron chi connectivity index (χ1n) is 12.2. The number of carbonyl (C=O) groups is 3. The standard InChI is InChI=1S/C28H36N2O5/c1-6-28(7-2,25(33)30(16-24(31)32)27(3,4)5)18-29-26(34)35-17-23-21-14-10-8-12-19(21)20-13-9-11-15-22(20)23/h8-15,23H,6-7,16-18H2,1-5H3,(H,29,34)(H,31,32). The van der Waals surface area contributed by atoms with Crippen molar-refractivity contribution in [3.63, 3.8) is 0 Å². The van der Waals surface area contributed by atoms with Gasteiger partial charge in [0.2, 0.25) is 5.91 Å². The molecule has 0 fully saturated rings. The fraction of sp³-hybridized carbons (Fsp3) is 0.464. The van der Waals surface area contributed by atoms with Crippen LogP contribution in [0.1, 0.15) is 64.5 Å². The number of alkyl carbamates (subject to hydrolysis) is 1. The minimum Gasteiger partial charge on any atom is -0.480 e. The predicted octanol–water partition coefficient (Wildman–Crippen LogP) is 5.04. The molecule has 0 saturated heterocycles. The molecular weight excluding hydrogens is 444 g/mol. The third kappa shape index (κ3) is 5.50. The van der Waals surface area contributed by atoms with E-state index in [1.165, 1.54) is 4.90 Å². The number of hydrogen-bond acceptors (Lipinski definition) is 4. The smallest absolute Gasteiger partial charge is 0.407 e. The second kappa shape index (κ2) is 10.5. The van der Waals surface area contributed by atoms with E-state index in [2.05, 4.69) is 29.6 Å². The van der Waals surface area contributed by atoms with Crippen molar-refractivity contribution >= 4 is 18.0 Å². The lowest BCUT2D eigenvalue weighted by Crippen LogP contribution is -2.56. The van der Waals surface area contributed by atoms with Crippen LogP contribution in [-0.4, -0.2) is 53.2 Å². The summed E-state index contributed by atoms with van der Waals surface area (Å²) in [7, 11) is 0. The summed E-state index contributed by atoms with van der Waals surface area (Å²) in [6.45, 7) is 9.04. The number of fused-ring (bicyclic) bond motifs is 3. The van der Waals surface area contributed by atoms with E-state index in [1.807, 2.05) is 58.9 Å². The number of carboxylic acid groups (broad SMARTS) is 1. The molecule has 2 amide bonds. The van der Waals surface area contributed by atoms with Gasteiger partial charge in [0.05, 0.1) is 5.41 Å². The maximum atomic E-state index is 13.5. The fourth-order valence-electron chi connectivity index (χ4n) is 4.80. The maximum Gasteiger partial charge on any atom is 0.407 e. The van der Waals surface area contributed by atoms with E-state index in [-0.39, 0.29) is 25.0 Å². The highest BCUT2D eigenvalue weighted by Gasteiger charge is 2.42. The molecule has 2 aromatic carbocycles. The Labute approximate surface area is 207 Å². The van der Waals surface area contributed by atoms with E-state index in [9.17, 15) is 19.5 Å². The van der Waals surface area contributed by atoms with Crippen molar-refractivity contribution in [2.75, 3.05) is 19.7 Å². The average molecular weight is 481 g/mol. The molecule has 0 heterocycles. The van der Waals surface area contributed by atoms with E-state index in [0.29, 0.717) is 12.8 Å². The van der Waals surface area contributed by atoms with Gasteiger partial charge in [0.25, 0.3) is 0 Å². The number of carboxylic acids is 1. The second-order valence-corrected chi connectivity index (χ2v) is 10.1. The molecule has 35 heavy (non-hydrogen) atoms. The highest BCUT2D eigenvalue weighted by molar-refractivity contribution is 5.87. The molecule has 1 aliphatic rings. The number of aliphatic carboxylic acids is 1. The van der Waals surface area contributed by atoms with E-state index < -0.39 is 29.6 Å². The van der Waals surface area contributed by atoms with Crippen molar-refractivity contribution in [2.24, 2.45) is 5.41 Å². The van der Waals surface area contributed by atoms with E-state index in [0.717, 1.165) is 22.3 Å². The molecule has 0 spiro atoms. The molecular formula is C28H36N2O5. The first-order chi connectivity index (χ1) is 16.5. The van der Waals surface area contributed by atoms with Crippen molar-refractivity contribution in [2.45, 2.75) is 58.9 Å². The fourth-order valence-corrected chi connectivity index (χ4v) is 4.80. The number of ether oxygens (including phenoxy) is 1. The number of amides is 2. The van der Waals surface area contributed by atoms with Crippen molar-refractivity contribution in [1.82, 2.24) is 10.2 Å². The Morgan fingerprint density at radius 2 is 1.46 bits per heavy atom. The van der Waals surface area contributed by atoms with E-state index in [4.69, 9.17) is 4.74 Å². The number of nitrogens with zero attached hydrogens (tertiary/aromatic N) is 1. The summed E-state index contributed by atoms with van der Waals surface area (Å²) in [5, 5.41) is 12.1. The molecule has 2 N–H and O–H groups in total. The summed E-state index contributed by atoms with van der Waals surface area (Å²) < 4.78 is 5.63. The van der Waals surface area contributed by atoms with E-state index in [1.54, 1.807) is 0 Å². The van der Waals surface area contributed by atoms with Crippen molar-refractivity contribution < 1.29 is 24.2 Å². The van der Waals surface area contributed by atoms with Crippen LogP contribution < -0.4 is 5.32 Å². The second-order valence-electron chi connectivity index (χ2n) is 10.1. The van der Waals surface area contributed by atoms with Crippen LogP contribution >= 0.6 is 0 Å². The molecule has 0 aromatic heterocycles. The molecule has 7 nitrogen and oxygen atoms in total. The number of rotatable bonds is 9. The van der Waals surface area contributed by atoms with Crippen LogP contribution in [-0.2, 0) is 14.3 Å². The van der Waals surface area contributed by atoms with Crippen molar-refractivity contribution in [1.29, 1.82) is 0 Å². The minimum absolute atomic E-state index is 0.0520. The van der Waals surface area contributed by atoms with Gasteiger partial charge >= 0.3 is 12.1 Å². The van der Waals surface area contributed by atoms with Gasteiger partial charge in [-0.1, -0.05) is 62.4 Å². The van der Waals surface area contributed by atoms with Crippen molar-refractivity contribution in [3.8, 4) is 11.1 Å². The molecule has 188 valence electrons. The van der Waals surface area contributed by atoms with Crippen LogP contribution in [0.3, 0.4) is 0 Å². The van der Waals surface area contributed by atoms with Crippen LogP contribution in [0.4, 0.5) is 4.79 Å². The van der Waals surface area contributed by atoms with Gasteiger partial charge < -0.3 is 20.1 Å². The molecule has 7 heteroatoms. The average Bonchev–Trinajstić information content (AvgIpc) is 3.15. The zero-order valence-corrected chi connectivity index (χ0v) is 21.3. The largest absolute Gasteiger partial charge is 0.480 e. The Morgan fingerprint density at radius 1 is 0.943 bits per heavy atom. The topological polar surface area (TPSA) is 95.9 Å². The molecule has 0 bridgehead atoms. The Hall–Kier alpha value is -3.35. The number of carbonyl (C=O) groups excluding carboxylic acids is 2.